The van der Waals surface area contributed by atoms with Crippen LogP contribution in [-0.4, -0.2) is 43.1 Å². The first-order chi connectivity index (χ1) is 18.5. The van der Waals surface area contributed by atoms with Crippen molar-refractivity contribution in [1.29, 1.82) is 0 Å². The summed E-state index contributed by atoms with van der Waals surface area (Å²) in [5.41, 5.74) is 1.23. The van der Waals surface area contributed by atoms with Crippen molar-refractivity contribution in [2.75, 3.05) is 20.3 Å². The number of aryl methyl sites for hydroxylation is 1. The number of benzene rings is 1. The Morgan fingerprint density at radius 1 is 1.15 bits per heavy atom. The lowest BCUT2D eigenvalue weighted by Gasteiger charge is -2.68. The van der Waals surface area contributed by atoms with Crippen molar-refractivity contribution in [3.8, 4) is 5.75 Å². The van der Waals surface area contributed by atoms with Crippen LogP contribution in [-0.2, 0) is 20.7 Å². The second-order valence-electron chi connectivity index (χ2n) is 13.4. The summed E-state index contributed by atoms with van der Waals surface area (Å²) in [4.78, 5) is 12.0. The number of hydrogen-bond donors (Lipinski definition) is 1. The lowest BCUT2D eigenvalue weighted by Crippen LogP contribution is -2.65. The number of fused-ring (bicyclic) bond motifs is 5. The van der Waals surface area contributed by atoms with E-state index in [4.69, 9.17) is 14.2 Å². The molecule has 0 radical (unpaired) electrons. The molecule has 1 heterocycles. The van der Waals surface area contributed by atoms with Gasteiger partial charge in [0.15, 0.2) is 0 Å². The number of para-hydroxylation sites is 1. The number of carbonyl (C=O) groups excluding carboxylic acids is 1. The molecule has 5 heteroatoms. The van der Waals surface area contributed by atoms with Crippen molar-refractivity contribution in [3.05, 3.63) is 53.6 Å². The average molecular weight is 537 g/mol. The van der Waals surface area contributed by atoms with Gasteiger partial charge in [0, 0.05) is 12.3 Å². The summed E-state index contributed by atoms with van der Waals surface area (Å²) in [6.45, 7) is 11.9. The van der Waals surface area contributed by atoms with Gasteiger partial charge in [-0.25, -0.2) is 0 Å². The highest BCUT2D eigenvalue weighted by Gasteiger charge is 2.66. The minimum absolute atomic E-state index is 0.0140. The van der Waals surface area contributed by atoms with Crippen LogP contribution in [0.3, 0.4) is 0 Å². The maximum absolute atomic E-state index is 12.5. The smallest absolute Gasteiger partial charge is 0.302 e. The van der Waals surface area contributed by atoms with Crippen molar-refractivity contribution >= 4 is 5.97 Å². The lowest BCUT2D eigenvalue weighted by molar-refractivity contribution is -0.215. The zero-order valence-electron chi connectivity index (χ0n) is 24.8. The summed E-state index contributed by atoms with van der Waals surface area (Å²) in [7, 11) is 1.72. The normalized spacial score (nSPS) is 40.3. The number of esters is 1. The van der Waals surface area contributed by atoms with Crippen molar-refractivity contribution in [3.63, 3.8) is 0 Å². The molecule has 0 spiro atoms. The molecule has 0 saturated heterocycles. The highest BCUT2D eigenvalue weighted by Crippen LogP contribution is 2.70. The Hall–Kier alpha value is -2.11. The van der Waals surface area contributed by atoms with E-state index in [1.54, 1.807) is 7.11 Å². The van der Waals surface area contributed by atoms with Crippen molar-refractivity contribution in [2.45, 2.75) is 91.3 Å². The maximum atomic E-state index is 12.5. The van der Waals surface area contributed by atoms with E-state index in [2.05, 4.69) is 58.1 Å². The number of ether oxygens (including phenoxy) is 3. The topological polar surface area (TPSA) is 65.0 Å². The molecule has 1 aliphatic heterocycles. The first kappa shape index (κ1) is 28.4. The average Bonchev–Trinajstić information content (AvgIpc) is 3.14. The van der Waals surface area contributed by atoms with E-state index in [1.165, 1.54) is 6.92 Å². The molecule has 3 unspecified atom stereocenters. The minimum Gasteiger partial charge on any atom is -0.496 e. The van der Waals surface area contributed by atoms with Gasteiger partial charge in [-0.2, -0.15) is 0 Å². The van der Waals surface area contributed by atoms with Crippen LogP contribution in [0.15, 0.2) is 48.1 Å². The third-order valence-electron chi connectivity index (χ3n) is 11.7. The van der Waals surface area contributed by atoms with Gasteiger partial charge >= 0.3 is 5.97 Å². The predicted octanol–water partition coefficient (Wildman–Crippen LogP) is 6.68. The van der Waals surface area contributed by atoms with Gasteiger partial charge in [0.25, 0.3) is 0 Å². The van der Waals surface area contributed by atoms with Gasteiger partial charge in [0.1, 0.15) is 11.9 Å². The second kappa shape index (κ2) is 10.4. The van der Waals surface area contributed by atoms with E-state index in [1.807, 2.05) is 12.1 Å². The summed E-state index contributed by atoms with van der Waals surface area (Å²) in [6.07, 6.45) is 13.2. The van der Waals surface area contributed by atoms with Gasteiger partial charge in [-0.3, -0.25) is 4.79 Å². The molecule has 0 bridgehead atoms. The molecule has 5 nitrogen and oxygen atoms in total. The first-order valence-corrected chi connectivity index (χ1v) is 14.9. The number of methoxy groups -OCH3 is 1. The summed E-state index contributed by atoms with van der Waals surface area (Å²) in [5, 5.41) is 12.5. The third-order valence-corrected chi connectivity index (χ3v) is 11.7. The Morgan fingerprint density at radius 2 is 1.90 bits per heavy atom. The molecule has 5 rings (SSSR count). The highest BCUT2D eigenvalue weighted by molar-refractivity contribution is 5.66. The van der Waals surface area contributed by atoms with Gasteiger partial charge in [0.2, 0.25) is 0 Å². The Labute approximate surface area is 235 Å². The van der Waals surface area contributed by atoms with Gasteiger partial charge < -0.3 is 19.3 Å². The van der Waals surface area contributed by atoms with E-state index in [9.17, 15) is 9.90 Å². The van der Waals surface area contributed by atoms with Gasteiger partial charge in [-0.05, 0) is 105 Å². The van der Waals surface area contributed by atoms with E-state index < -0.39 is 5.60 Å². The molecule has 1 aromatic carbocycles. The van der Waals surface area contributed by atoms with Crippen molar-refractivity contribution < 1.29 is 24.1 Å². The Bertz CT molecular complexity index is 1140. The third kappa shape index (κ3) is 4.48. The summed E-state index contributed by atoms with van der Waals surface area (Å²) >= 11 is 0. The number of hydrogen-bond acceptors (Lipinski definition) is 5. The molecule has 1 N–H and O–H groups in total. The molecule has 4 aliphatic rings. The van der Waals surface area contributed by atoms with Gasteiger partial charge in [0.05, 0.1) is 25.9 Å². The molecule has 2 saturated carbocycles. The number of aliphatic hydroxyl groups is 1. The van der Waals surface area contributed by atoms with E-state index in [0.29, 0.717) is 25.6 Å². The molecule has 1 aromatic rings. The quantitative estimate of drug-likeness (QED) is 0.324. The van der Waals surface area contributed by atoms with Crippen LogP contribution in [0.4, 0.5) is 0 Å². The summed E-state index contributed by atoms with van der Waals surface area (Å²) in [6, 6.07) is 8.18. The zero-order chi connectivity index (χ0) is 28.1. The van der Waals surface area contributed by atoms with Crippen LogP contribution in [0.2, 0.25) is 0 Å². The summed E-state index contributed by atoms with van der Waals surface area (Å²) in [5.74, 6) is 1.58. The van der Waals surface area contributed by atoms with E-state index >= 15 is 0 Å². The van der Waals surface area contributed by atoms with Crippen molar-refractivity contribution in [2.24, 2.45) is 34.0 Å². The largest absolute Gasteiger partial charge is 0.496 e. The molecule has 39 heavy (non-hydrogen) atoms. The molecule has 0 aromatic heterocycles. The number of carbonyl (C=O) groups is 1. The fourth-order valence-corrected chi connectivity index (χ4v) is 9.73. The standard InChI is InChI=1S/C34H48O5/c1-23-13-17-32(5)28-16-19-33(24(2)39-25(3)35)22-38-21-9-12-29(33)31(28,4)18-15-30(32)34(23,36)20-14-26-10-7-8-11-27(26)37-6/h7-13,24,28-30,36H,14-22H2,1-6H3/t24-,28?,29+,30?,31-,32-,33?,34+/m1/s1. The summed E-state index contributed by atoms with van der Waals surface area (Å²) < 4.78 is 17.6. The molecule has 2 fully saturated rings. The van der Waals surface area contributed by atoms with Crippen LogP contribution in [0.25, 0.3) is 0 Å². The molecular weight excluding hydrogens is 488 g/mol. The number of rotatable bonds is 6. The lowest BCUT2D eigenvalue weighted by atomic mass is 9.37. The van der Waals surface area contributed by atoms with Gasteiger partial charge in [-0.15, -0.1) is 0 Å². The SMILES string of the molecule is COc1ccccc1CC[C@]1(O)C(C)=CC[C@@]2(C)C1CC[C@]1(C)C2CCC2([C@@H](C)OC(C)=O)COCC=C[C@H]21. The first-order valence-electron chi connectivity index (χ1n) is 14.9. The van der Waals surface area contributed by atoms with Crippen molar-refractivity contribution in [1.82, 2.24) is 0 Å². The Balaban J connectivity index is 1.48. The number of allylic oxidation sites excluding steroid dienone is 2. The van der Waals surface area contributed by atoms with Crippen LogP contribution in [0.5, 0.6) is 5.75 Å². The monoisotopic (exact) mass is 536 g/mol. The Kier molecular flexibility index (Phi) is 7.56. The predicted molar refractivity (Wildman–Crippen MR) is 153 cm³/mol. The van der Waals surface area contributed by atoms with Crippen LogP contribution in [0, 0.1) is 34.0 Å². The fourth-order valence-electron chi connectivity index (χ4n) is 9.73. The molecule has 8 atom stereocenters. The van der Waals surface area contributed by atoms with E-state index in [0.717, 1.165) is 55.4 Å². The molecular formula is C34H48O5. The fraction of sp³-hybridized carbons (Fsp3) is 0.676. The van der Waals surface area contributed by atoms with Crippen LogP contribution in [0.1, 0.15) is 78.7 Å². The molecule has 3 aliphatic carbocycles. The Morgan fingerprint density at radius 3 is 2.64 bits per heavy atom. The second-order valence-corrected chi connectivity index (χ2v) is 13.4. The molecule has 0 amide bonds. The van der Waals surface area contributed by atoms with Crippen LogP contribution >= 0.6 is 0 Å². The molecule has 214 valence electrons. The van der Waals surface area contributed by atoms with E-state index in [-0.39, 0.29) is 40.2 Å². The zero-order valence-corrected chi connectivity index (χ0v) is 24.8. The van der Waals surface area contributed by atoms with Crippen LogP contribution < -0.4 is 4.74 Å². The van der Waals surface area contributed by atoms with Gasteiger partial charge in [-0.1, -0.05) is 50.3 Å². The highest BCUT2D eigenvalue weighted by atomic mass is 16.5. The maximum Gasteiger partial charge on any atom is 0.302 e. The minimum atomic E-state index is -0.836.